The molecule has 0 bridgehead atoms. The van der Waals surface area contributed by atoms with E-state index in [9.17, 15) is 24.7 Å². The summed E-state index contributed by atoms with van der Waals surface area (Å²) in [5.74, 6) is -0.739. The van der Waals surface area contributed by atoms with Crippen LogP contribution >= 0.6 is 46.6 Å². The maximum atomic E-state index is 13.0. The summed E-state index contributed by atoms with van der Waals surface area (Å²) in [6, 6.07) is 3.49. The van der Waals surface area contributed by atoms with Crippen LogP contribution in [0.2, 0.25) is 0 Å². The Morgan fingerprint density at radius 2 is 2.14 bits per heavy atom. The van der Waals surface area contributed by atoms with Gasteiger partial charge in [0.15, 0.2) is 5.71 Å². The lowest BCUT2D eigenvalue weighted by Gasteiger charge is -2.49. The molecule has 2 amide bonds. The second kappa shape index (κ2) is 11.7. The van der Waals surface area contributed by atoms with Crippen molar-refractivity contribution in [2.24, 2.45) is 10.9 Å². The highest BCUT2D eigenvalue weighted by atomic mass is 32.2. The predicted octanol–water partition coefficient (Wildman–Crippen LogP) is 1.29. The summed E-state index contributed by atoms with van der Waals surface area (Å²) in [5, 5.41) is 25.1. The van der Waals surface area contributed by atoms with E-state index in [1.807, 2.05) is 6.92 Å². The van der Waals surface area contributed by atoms with E-state index in [1.165, 1.54) is 51.9 Å². The molecule has 0 saturated carbocycles. The van der Waals surface area contributed by atoms with E-state index >= 15 is 0 Å². The number of nitrogens with one attached hydrogen (secondary N) is 1. The smallest absolute Gasteiger partial charge is 0.353 e. The van der Waals surface area contributed by atoms with Crippen LogP contribution in [0.5, 0.6) is 0 Å². The number of carboxylic acids is 1. The van der Waals surface area contributed by atoms with E-state index in [0.717, 1.165) is 20.7 Å². The summed E-state index contributed by atoms with van der Waals surface area (Å²) in [4.78, 5) is 48.3. The standard InChI is InChI=1S/C21H23N7O5S4/c1-9-24-11(7-34-6-5-22)21(36-9)37-12-8-35-19-15(18(30)28(19)16(12)20(31)32)26-17(29)14(27-33)10-3-2-4-13(23)25-10/h2-4,15,19,33H,5-8,22H2,1H3,(H2,23,25)(H,26,29)(H,31,32)/b27-14-/t15-,19?/m1/s1. The highest BCUT2D eigenvalue weighted by molar-refractivity contribution is 8.07. The first-order valence-electron chi connectivity index (χ1n) is 10.8. The second-order valence-electron chi connectivity index (χ2n) is 7.74. The number of oxime groups is 1. The highest BCUT2D eigenvalue weighted by Crippen LogP contribution is 2.47. The monoisotopic (exact) mass is 581 g/mol. The van der Waals surface area contributed by atoms with E-state index in [0.29, 0.717) is 23.0 Å². The molecule has 1 saturated heterocycles. The number of aromatic nitrogens is 2. The third-order valence-corrected chi connectivity index (χ3v) is 10.0. The molecular weight excluding hydrogens is 559 g/mol. The Balaban J connectivity index is 1.52. The van der Waals surface area contributed by atoms with E-state index in [2.05, 4.69) is 20.4 Å². The van der Waals surface area contributed by atoms with Gasteiger partial charge in [-0.25, -0.2) is 14.8 Å². The van der Waals surface area contributed by atoms with Gasteiger partial charge in [0, 0.05) is 28.7 Å². The van der Waals surface area contributed by atoms with Crippen molar-refractivity contribution in [2.45, 2.75) is 28.3 Å². The number of carbonyl (C=O) groups excluding carboxylic acids is 2. The van der Waals surface area contributed by atoms with Gasteiger partial charge in [-0.05, 0) is 19.1 Å². The number of aryl methyl sites for hydroxylation is 1. The minimum absolute atomic E-state index is 0.0324. The number of nitrogens with two attached hydrogens (primary N) is 2. The molecule has 37 heavy (non-hydrogen) atoms. The van der Waals surface area contributed by atoms with E-state index in [1.54, 1.807) is 17.8 Å². The molecule has 2 atom stereocenters. The first-order valence-corrected chi connectivity index (χ1v) is 14.7. The molecule has 2 aromatic rings. The van der Waals surface area contributed by atoms with Gasteiger partial charge in [-0.2, -0.15) is 11.8 Å². The highest BCUT2D eigenvalue weighted by Gasteiger charge is 2.54. The van der Waals surface area contributed by atoms with Gasteiger partial charge in [0.1, 0.15) is 28.6 Å². The Hall–Kier alpha value is -2.79. The topological polar surface area (TPSA) is 197 Å². The molecule has 0 aliphatic carbocycles. The summed E-state index contributed by atoms with van der Waals surface area (Å²) >= 11 is 5.77. The minimum atomic E-state index is -1.23. The van der Waals surface area contributed by atoms with Crippen LogP contribution in [-0.4, -0.2) is 78.1 Å². The fourth-order valence-electron chi connectivity index (χ4n) is 3.66. The fourth-order valence-corrected chi connectivity index (χ4v) is 8.42. The second-order valence-corrected chi connectivity index (χ2v) is 12.5. The van der Waals surface area contributed by atoms with Gasteiger partial charge >= 0.3 is 5.97 Å². The van der Waals surface area contributed by atoms with Gasteiger partial charge < -0.3 is 27.1 Å². The lowest BCUT2D eigenvalue weighted by Crippen LogP contribution is -2.71. The molecule has 196 valence electrons. The molecule has 4 rings (SSSR count). The third-order valence-electron chi connectivity index (χ3n) is 5.24. The lowest BCUT2D eigenvalue weighted by molar-refractivity contribution is -0.150. The van der Waals surface area contributed by atoms with Crippen LogP contribution in [0.25, 0.3) is 0 Å². The van der Waals surface area contributed by atoms with Crippen LogP contribution in [0, 0.1) is 6.92 Å². The Morgan fingerprint density at radius 1 is 1.35 bits per heavy atom. The number of amides is 2. The normalized spacial score (nSPS) is 19.5. The zero-order valence-electron chi connectivity index (χ0n) is 19.4. The van der Waals surface area contributed by atoms with Gasteiger partial charge in [-0.1, -0.05) is 23.0 Å². The molecule has 16 heteroatoms. The molecular formula is C21H23N7O5S4. The largest absolute Gasteiger partial charge is 0.477 e. The van der Waals surface area contributed by atoms with Crippen LogP contribution in [-0.2, 0) is 20.1 Å². The van der Waals surface area contributed by atoms with Crippen molar-refractivity contribution < 1.29 is 24.7 Å². The number of aliphatic carboxylic acids is 1. The summed E-state index contributed by atoms with van der Waals surface area (Å²) in [6.45, 7) is 2.44. The summed E-state index contributed by atoms with van der Waals surface area (Å²) in [5.41, 5.74) is 11.6. The average molecular weight is 582 g/mol. The van der Waals surface area contributed by atoms with E-state index in [4.69, 9.17) is 11.5 Å². The van der Waals surface area contributed by atoms with Crippen molar-refractivity contribution in [1.82, 2.24) is 20.2 Å². The number of thiazole rings is 1. The van der Waals surface area contributed by atoms with Crippen LogP contribution in [0.15, 0.2) is 38.2 Å². The van der Waals surface area contributed by atoms with Crippen molar-refractivity contribution in [3.05, 3.63) is 45.2 Å². The number of nitrogen functional groups attached to an aromatic ring is 1. The number of pyridine rings is 1. The Morgan fingerprint density at radius 3 is 2.81 bits per heavy atom. The Kier molecular flexibility index (Phi) is 8.63. The molecule has 1 fully saturated rings. The van der Waals surface area contributed by atoms with Gasteiger partial charge in [-0.3, -0.25) is 14.5 Å². The molecule has 0 aromatic carbocycles. The summed E-state index contributed by atoms with van der Waals surface area (Å²) in [6.07, 6.45) is 0. The van der Waals surface area contributed by atoms with Gasteiger partial charge in [0.2, 0.25) is 0 Å². The first kappa shape index (κ1) is 27.3. The van der Waals surface area contributed by atoms with Crippen molar-refractivity contribution in [1.29, 1.82) is 0 Å². The third kappa shape index (κ3) is 5.72. The van der Waals surface area contributed by atoms with Crippen LogP contribution in [0.3, 0.4) is 0 Å². The number of rotatable bonds is 10. The molecule has 0 spiro atoms. The molecule has 2 aliphatic heterocycles. The molecule has 0 radical (unpaired) electrons. The van der Waals surface area contributed by atoms with Crippen molar-refractivity contribution in [2.75, 3.05) is 23.8 Å². The molecule has 12 nitrogen and oxygen atoms in total. The lowest BCUT2D eigenvalue weighted by atomic mass is 10.0. The van der Waals surface area contributed by atoms with Crippen molar-refractivity contribution in [3.8, 4) is 0 Å². The molecule has 4 heterocycles. The maximum absolute atomic E-state index is 13.0. The number of carboxylic acid groups (broad SMARTS) is 1. The van der Waals surface area contributed by atoms with Gasteiger partial charge in [0.25, 0.3) is 11.8 Å². The SMILES string of the molecule is Cc1nc(CSCCN)c(SC2=C(C(=O)O)N3C(=O)[C@@H](NC(=O)/C(=N\O)c4cccc(N)n4)C3SC2)s1. The number of nitrogens with zero attached hydrogens (tertiary/aromatic N) is 4. The van der Waals surface area contributed by atoms with Gasteiger partial charge in [-0.15, -0.1) is 23.1 Å². The number of carbonyl (C=O) groups is 3. The fraction of sp³-hybridized carbons (Fsp3) is 0.333. The first-order chi connectivity index (χ1) is 17.7. The number of hydrogen-bond acceptors (Lipinski definition) is 13. The van der Waals surface area contributed by atoms with Crippen molar-refractivity contribution >= 4 is 75.9 Å². The van der Waals surface area contributed by atoms with E-state index < -0.39 is 34.9 Å². The van der Waals surface area contributed by atoms with Crippen LogP contribution < -0.4 is 16.8 Å². The maximum Gasteiger partial charge on any atom is 0.353 e. The van der Waals surface area contributed by atoms with E-state index in [-0.39, 0.29) is 17.2 Å². The predicted molar refractivity (Wildman–Crippen MR) is 145 cm³/mol. The zero-order valence-corrected chi connectivity index (χ0v) is 22.7. The number of fused-ring (bicyclic) bond motifs is 1. The molecule has 7 N–H and O–H groups in total. The van der Waals surface area contributed by atoms with Crippen LogP contribution in [0.4, 0.5) is 5.82 Å². The molecule has 2 aromatic heterocycles. The minimum Gasteiger partial charge on any atom is -0.477 e. The van der Waals surface area contributed by atoms with Gasteiger partial charge in [0.05, 0.1) is 14.9 Å². The molecule has 1 unspecified atom stereocenters. The van der Waals surface area contributed by atoms with Crippen molar-refractivity contribution in [3.63, 3.8) is 0 Å². The Labute approximate surface area is 228 Å². The van der Waals surface area contributed by atoms with Crippen LogP contribution in [0.1, 0.15) is 16.4 Å². The summed E-state index contributed by atoms with van der Waals surface area (Å²) in [7, 11) is 0. The molecule has 2 aliphatic rings. The number of β-lactam (4-membered cyclic amide) rings is 1. The number of anilines is 1. The summed E-state index contributed by atoms with van der Waals surface area (Å²) < 4.78 is 0.881. The number of hydrogen-bond donors (Lipinski definition) is 5. The average Bonchev–Trinajstić information content (AvgIpc) is 3.21. The quantitative estimate of drug-likeness (QED) is 0.0887. The zero-order chi connectivity index (χ0) is 26.7. The Bertz CT molecular complexity index is 1300. The number of thioether (sulfide) groups is 3.